The largest absolute Gasteiger partial charge is 0.497 e. The first-order chi connectivity index (χ1) is 15.0. The fourth-order valence-electron chi connectivity index (χ4n) is 2.77. The Kier molecular flexibility index (Phi) is 7.15. The Hall–Kier alpha value is -3.95. The molecule has 0 saturated heterocycles. The van der Waals surface area contributed by atoms with Crippen molar-refractivity contribution in [2.45, 2.75) is 12.8 Å². The van der Waals surface area contributed by atoms with Crippen LogP contribution in [0.1, 0.15) is 23.2 Å². The van der Waals surface area contributed by atoms with Gasteiger partial charge in [0, 0.05) is 24.6 Å². The first-order valence-electron chi connectivity index (χ1n) is 9.48. The highest BCUT2D eigenvalue weighted by atomic mass is 19.1. The van der Waals surface area contributed by atoms with Crippen molar-refractivity contribution < 1.29 is 23.5 Å². The molecule has 0 unspecified atom stereocenters. The Balaban J connectivity index is 1.48. The van der Waals surface area contributed by atoms with E-state index >= 15 is 0 Å². The van der Waals surface area contributed by atoms with Gasteiger partial charge in [0.2, 0.25) is 11.9 Å². The summed E-state index contributed by atoms with van der Waals surface area (Å²) in [6.07, 6.45) is 0.585. The molecule has 0 aliphatic rings. The third kappa shape index (κ3) is 5.78. The average Bonchev–Trinajstić information content (AvgIpc) is 3.24. The van der Waals surface area contributed by atoms with Crippen molar-refractivity contribution in [3.8, 4) is 22.9 Å². The lowest BCUT2D eigenvalue weighted by Crippen LogP contribution is -2.25. The molecule has 31 heavy (non-hydrogen) atoms. The molecule has 0 fully saturated rings. The number of rotatable bonds is 9. The van der Waals surface area contributed by atoms with Crippen molar-refractivity contribution in [2.75, 3.05) is 26.1 Å². The molecule has 3 aromatic rings. The summed E-state index contributed by atoms with van der Waals surface area (Å²) in [5.41, 5.74) is 1.02. The van der Waals surface area contributed by atoms with Crippen LogP contribution < -0.4 is 20.1 Å². The Labute approximate surface area is 178 Å². The first kappa shape index (κ1) is 21.8. The zero-order chi connectivity index (χ0) is 22.2. The van der Waals surface area contributed by atoms with Gasteiger partial charge in [-0.3, -0.25) is 20.0 Å². The lowest BCUT2D eigenvalue weighted by Gasteiger charge is -2.07. The minimum Gasteiger partial charge on any atom is -0.497 e. The third-order valence-electron chi connectivity index (χ3n) is 4.37. The van der Waals surface area contributed by atoms with Crippen LogP contribution in [-0.2, 0) is 4.79 Å². The van der Waals surface area contributed by atoms with Gasteiger partial charge in [-0.05, 0) is 42.8 Å². The molecule has 2 amide bonds. The Morgan fingerprint density at radius 2 is 1.87 bits per heavy atom. The van der Waals surface area contributed by atoms with E-state index in [1.54, 1.807) is 25.3 Å². The topological polar surface area (TPSA) is 118 Å². The lowest BCUT2D eigenvalue weighted by molar-refractivity contribution is -0.116. The van der Waals surface area contributed by atoms with E-state index in [0.29, 0.717) is 41.4 Å². The number of aromatic nitrogens is 3. The number of nitrogens with one attached hydrogen (secondary N) is 3. The van der Waals surface area contributed by atoms with Gasteiger partial charge in [-0.2, -0.15) is 4.98 Å². The second-order valence-electron chi connectivity index (χ2n) is 6.49. The van der Waals surface area contributed by atoms with Gasteiger partial charge in [0.1, 0.15) is 17.3 Å². The molecule has 1 heterocycles. The maximum atomic E-state index is 12.9. The number of amides is 2. The van der Waals surface area contributed by atoms with Gasteiger partial charge >= 0.3 is 0 Å². The van der Waals surface area contributed by atoms with Gasteiger partial charge in [-0.1, -0.05) is 0 Å². The van der Waals surface area contributed by atoms with Crippen LogP contribution in [0, 0.1) is 5.82 Å². The van der Waals surface area contributed by atoms with Crippen molar-refractivity contribution in [3.05, 3.63) is 53.8 Å². The molecule has 0 saturated carbocycles. The Morgan fingerprint density at radius 1 is 1.10 bits per heavy atom. The number of aromatic amines is 1. The van der Waals surface area contributed by atoms with Gasteiger partial charge < -0.3 is 14.8 Å². The van der Waals surface area contributed by atoms with Crippen LogP contribution >= 0.6 is 0 Å². The molecule has 0 radical (unpaired) electrons. The van der Waals surface area contributed by atoms with Gasteiger partial charge in [0.05, 0.1) is 19.8 Å². The van der Waals surface area contributed by atoms with Crippen molar-refractivity contribution in [2.24, 2.45) is 0 Å². The van der Waals surface area contributed by atoms with Crippen LogP contribution in [0.15, 0.2) is 42.5 Å². The highest BCUT2D eigenvalue weighted by molar-refractivity contribution is 5.94. The van der Waals surface area contributed by atoms with E-state index < -0.39 is 5.82 Å². The summed E-state index contributed by atoms with van der Waals surface area (Å²) < 4.78 is 23.4. The maximum absolute atomic E-state index is 12.9. The SMILES string of the molecule is COc1ccc(-c2nc(NC(=O)CCCNC(=O)c3ccc(F)cc3)n[nH]2)c(OC)c1. The van der Waals surface area contributed by atoms with E-state index in [4.69, 9.17) is 9.47 Å². The third-order valence-corrected chi connectivity index (χ3v) is 4.37. The van der Waals surface area contributed by atoms with Gasteiger partial charge in [-0.25, -0.2) is 4.39 Å². The lowest BCUT2D eigenvalue weighted by atomic mass is 10.2. The highest BCUT2D eigenvalue weighted by Crippen LogP contribution is 2.31. The molecule has 9 nitrogen and oxygen atoms in total. The van der Waals surface area contributed by atoms with E-state index in [9.17, 15) is 14.0 Å². The van der Waals surface area contributed by atoms with Crippen molar-refractivity contribution in [1.82, 2.24) is 20.5 Å². The molecule has 1 aromatic heterocycles. The monoisotopic (exact) mass is 427 g/mol. The fourth-order valence-corrected chi connectivity index (χ4v) is 2.77. The first-order valence-corrected chi connectivity index (χ1v) is 9.48. The van der Waals surface area contributed by atoms with Crippen LogP contribution in [0.4, 0.5) is 10.3 Å². The Morgan fingerprint density at radius 3 is 2.58 bits per heavy atom. The van der Waals surface area contributed by atoms with E-state index in [1.807, 2.05) is 0 Å². The summed E-state index contributed by atoms with van der Waals surface area (Å²) in [6.45, 7) is 0.298. The summed E-state index contributed by atoms with van der Waals surface area (Å²) in [7, 11) is 3.09. The number of anilines is 1. The number of halogens is 1. The van der Waals surface area contributed by atoms with E-state index in [-0.39, 0.29) is 24.2 Å². The second kappa shape index (κ2) is 10.2. The standard InChI is InChI=1S/C21H22FN5O4/c1-30-15-9-10-16(17(12-15)31-2)19-25-21(27-26-19)24-18(28)4-3-11-23-20(29)13-5-7-14(22)8-6-13/h5-10,12H,3-4,11H2,1-2H3,(H,23,29)(H2,24,25,26,27,28). The number of benzene rings is 2. The van der Waals surface area contributed by atoms with Crippen LogP contribution in [0.2, 0.25) is 0 Å². The van der Waals surface area contributed by atoms with E-state index in [2.05, 4.69) is 25.8 Å². The molecule has 0 aliphatic carbocycles. The number of methoxy groups -OCH3 is 2. The quantitative estimate of drug-likeness (QED) is 0.452. The Bertz CT molecular complexity index is 1050. The minimum absolute atomic E-state index is 0.133. The van der Waals surface area contributed by atoms with Crippen molar-refractivity contribution in [3.63, 3.8) is 0 Å². The number of carbonyl (C=O) groups is 2. The van der Waals surface area contributed by atoms with E-state index in [1.165, 1.54) is 31.4 Å². The summed E-state index contributed by atoms with van der Waals surface area (Å²) in [4.78, 5) is 28.3. The summed E-state index contributed by atoms with van der Waals surface area (Å²) in [5.74, 6) is 0.726. The average molecular weight is 427 g/mol. The number of carbonyl (C=O) groups excluding carboxylic acids is 2. The molecular weight excluding hydrogens is 405 g/mol. The predicted molar refractivity (Wildman–Crippen MR) is 112 cm³/mol. The molecule has 3 N–H and O–H groups in total. The summed E-state index contributed by atoms with van der Waals surface area (Å²) >= 11 is 0. The van der Waals surface area contributed by atoms with Crippen LogP contribution in [0.3, 0.4) is 0 Å². The summed E-state index contributed by atoms with van der Waals surface area (Å²) in [6, 6.07) is 10.5. The minimum atomic E-state index is -0.409. The smallest absolute Gasteiger partial charge is 0.251 e. The normalized spacial score (nSPS) is 10.4. The molecule has 162 valence electrons. The number of H-pyrrole nitrogens is 1. The molecule has 0 bridgehead atoms. The summed E-state index contributed by atoms with van der Waals surface area (Å²) in [5, 5.41) is 12.1. The van der Waals surface area contributed by atoms with Gasteiger partial charge in [0.25, 0.3) is 5.91 Å². The van der Waals surface area contributed by atoms with Gasteiger partial charge in [-0.15, -0.1) is 5.10 Å². The number of nitrogens with zero attached hydrogens (tertiary/aromatic N) is 2. The van der Waals surface area contributed by atoms with Crippen molar-refractivity contribution >= 4 is 17.8 Å². The van der Waals surface area contributed by atoms with Crippen molar-refractivity contribution in [1.29, 1.82) is 0 Å². The molecular formula is C21H22FN5O4. The predicted octanol–water partition coefficient (Wildman–Crippen LogP) is 2.78. The van der Waals surface area contributed by atoms with Gasteiger partial charge in [0.15, 0.2) is 5.82 Å². The molecule has 10 heteroatoms. The molecule has 3 rings (SSSR count). The molecule has 0 aliphatic heterocycles. The number of hydrogen-bond donors (Lipinski definition) is 3. The van der Waals surface area contributed by atoms with Crippen LogP contribution in [-0.4, -0.2) is 47.8 Å². The molecule has 0 atom stereocenters. The van der Waals surface area contributed by atoms with Crippen LogP contribution in [0.5, 0.6) is 11.5 Å². The zero-order valence-corrected chi connectivity index (χ0v) is 17.1. The molecule has 2 aromatic carbocycles. The highest BCUT2D eigenvalue weighted by Gasteiger charge is 2.14. The number of hydrogen-bond acceptors (Lipinski definition) is 6. The second-order valence-corrected chi connectivity index (χ2v) is 6.49. The number of ether oxygens (including phenoxy) is 2. The maximum Gasteiger partial charge on any atom is 0.251 e. The van der Waals surface area contributed by atoms with Crippen LogP contribution in [0.25, 0.3) is 11.4 Å². The fraction of sp³-hybridized carbons (Fsp3) is 0.238. The van der Waals surface area contributed by atoms with E-state index in [0.717, 1.165) is 0 Å². The molecule has 0 spiro atoms. The zero-order valence-electron chi connectivity index (χ0n) is 17.1.